The molecule has 3 nitrogen and oxygen atoms in total. The Morgan fingerprint density at radius 3 is 2.62 bits per heavy atom. The van der Waals surface area contributed by atoms with Crippen LogP contribution in [0.3, 0.4) is 0 Å². The van der Waals surface area contributed by atoms with Crippen molar-refractivity contribution in [2.24, 2.45) is 0 Å². The summed E-state index contributed by atoms with van der Waals surface area (Å²) in [5.74, 6) is -0.597. The van der Waals surface area contributed by atoms with Crippen LogP contribution in [-0.2, 0) is 0 Å². The topological polar surface area (TPSA) is 44.9 Å². The summed E-state index contributed by atoms with van der Waals surface area (Å²) in [7, 11) is 0. The molecule has 0 saturated heterocycles. The number of anilines is 1. The van der Waals surface area contributed by atoms with Crippen molar-refractivity contribution < 1.29 is 9.18 Å². The number of carbonyl (C=O) groups excluding carboxylic acids is 1. The third-order valence-corrected chi connectivity index (χ3v) is 3.60. The number of halogens is 2. The van der Waals surface area contributed by atoms with E-state index < -0.39 is 0 Å². The van der Waals surface area contributed by atoms with Gasteiger partial charge in [-0.05, 0) is 55.0 Å². The predicted molar refractivity (Wildman–Crippen MR) is 82.4 cm³/mol. The molecule has 0 aliphatic heterocycles. The average molecular weight is 303 g/mol. The fourth-order valence-corrected chi connectivity index (χ4v) is 2.38. The number of rotatable bonds is 2. The summed E-state index contributed by atoms with van der Waals surface area (Å²) in [6.45, 7) is 1.79. The Balaban J connectivity index is 1.94. The molecule has 1 aromatic heterocycles. The summed E-state index contributed by atoms with van der Waals surface area (Å²) in [6, 6.07) is 11.2. The van der Waals surface area contributed by atoms with Gasteiger partial charge in [-0.1, -0.05) is 11.6 Å². The quantitative estimate of drug-likeness (QED) is 0.718. The molecule has 2 aromatic carbocycles. The molecular formula is C16H12ClFN2O. The number of aromatic nitrogens is 1. The number of hydrogen-bond acceptors (Lipinski definition) is 1. The fraction of sp³-hybridized carbons (Fsp3) is 0.0625. The first-order valence-corrected chi connectivity index (χ1v) is 6.77. The number of amides is 1. The van der Waals surface area contributed by atoms with E-state index in [1.165, 1.54) is 12.1 Å². The lowest BCUT2D eigenvalue weighted by Gasteiger charge is -2.04. The van der Waals surface area contributed by atoms with E-state index in [0.717, 1.165) is 11.1 Å². The molecule has 0 saturated carbocycles. The van der Waals surface area contributed by atoms with E-state index in [0.29, 0.717) is 21.8 Å². The zero-order valence-electron chi connectivity index (χ0n) is 11.2. The van der Waals surface area contributed by atoms with Gasteiger partial charge in [0, 0.05) is 21.6 Å². The lowest BCUT2D eigenvalue weighted by molar-refractivity contribution is 0.102. The van der Waals surface area contributed by atoms with Crippen LogP contribution in [0.5, 0.6) is 0 Å². The number of benzene rings is 2. The Morgan fingerprint density at radius 1 is 1.19 bits per heavy atom. The highest BCUT2D eigenvalue weighted by atomic mass is 35.5. The third-order valence-electron chi connectivity index (χ3n) is 3.35. The maximum atomic E-state index is 13.3. The molecule has 0 bridgehead atoms. The molecular weight excluding hydrogens is 291 g/mol. The second-order valence-electron chi connectivity index (χ2n) is 4.78. The molecule has 0 aliphatic carbocycles. The number of aryl methyl sites for hydroxylation is 1. The highest BCUT2D eigenvalue weighted by Gasteiger charge is 2.15. The molecule has 21 heavy (non-hydrogen) atoms. The van der Waals surface area contributed by atoms with Gasteiger partial charge in [-0.25, -0.2) is 4.39 Å². The van der Waals surface area contributed by atoms with E-state index in [9.17, 15) is 9.18 Å². The smallest absolute Gasteiger partial charge is 0.272 e. The lowest BCUT2D eigenvalue weighted by Crippen LogP contribution is -2.13. The zero-order valence-corrected chi connectivity index (χ0v) is 12.0. The first-order chi connectivity index (χ1) is 10.0. The summed E-state index contributed by atoms with van der Waals surface area (Å²) in [5, 5.41) is 4.09. The summed E-state index contributed by atoms with van der Waals surface area (Å²) in [6.07, 6.45) is 0. The number of carbonyl (C=O) groups is 1. The zero-order chi connectivity index (χ0) is 15.0. The van der Waals surface area contributed by atoms with Crippen molar-refractivity contribution in [2.45, 2.75) is 6.92 Å². The van der Waals surface area contributed by atoms with Crippen LogP contribution in [0.2, 0.25) is 5.02 Å². The van der Waals surface area contributed by atoms with Gasteiger partial charge in [-0.2, -0.15) is 0 Å². The van der Waals surface area contributed by atoms with Crippen molar-refractivity contribution in [3.63, 3.8) is 0 Å². The monoisotopic (exact) mass is 302 g/mol. The van der Waals surface area contributed by atoms with Crippen LogP contribution >= 0.6 is 11.6 Å². The van der Waals surface area contributed by atoms with E-state index in [4.69, 9.17) is 11.6 Å². The molecule has 0 aliphatic rings. The number of nitrogens with one attached hydrogen (secondary N) is 2. The van der Waals surface area contributed by atoms with E-state index in [1.807, 2.05) is 0 Å². The molecule has 0 spiro atoms. The molecule has 2 N–H and O–H groups in total. The summed E-state index contributed by atoms with van der Waals surface area (Å²) < 4.78 is 13.3. The second kappa shape index (κ2) is 5.22. The van der Waals surface area contributed by atoms with Crippen LogP contribution in [0.25, 0.3) is 10.9 Å². The number of hydrogen-bond donors (Lipinski definition) is 2. The van der Waals surface area contributed by atoms with Crippen molar-refractivity contribution >= 4 is 34.1 Å². The van der Waals surface area contributed by atoms with Crippen LogP contribution in [0.1, 0.15) is 16.1 Å². The van der Waals surface area contributed by atoms with E-state index >= 15 is 0 Å². The predicted octanol–water partition coefficient (Wildman–Crippen LogP) is 4.52. The first-order valence-electron chi connectivity index (χ1n) is 6.39. The van der Waals surface area contributed by atoms with Crippen LogP contribution in [0.4, 0.5) is 10.1 Å². The van der Waals surface area contributed by atoms with Gasteiger partial charge in [0.05, 0.1) is 0 Å². The number of aromatic amines is 1. The van der Waals surface area contributed by atoms with E-state index in [2.05, 4.69) is 10.3 Å². The Bertz CT molecular complexity index is 824. The highest BCUT2D eigenvalue weighted by Crippen LogP contribution is 2.23. The summed E-state index contributed by atoms with van der Waals surface area (Å²) in [4.78, 5) is 15.3. The Hall–Kier alpha value is -2.33. The molecule has 0 radical (unpaired) electrons. The largest absolute Gasteiger partial charge is 0.350 e. The summed E-state index contributed by atoms with van der Waals surface area (Å²) >= 11 is 5.80. The van der Waals surface area contributed by atoms with Gasteiger partial charge in [-0.15, -0.1) is 0 Å². The van der Waals surface area contributed by atoms with E-state index in [-0.39, 0.29) is 11.7 Å². The molecule has 106 valence electrons. The molecule has 1 heterocycles. The molecule has 0 atom stereocenters. The molecule has 0 unspecified atom stereocenters. The van der Waals surface area contributed by atoms with Gasteiger partial charge in [-0.3, -0.25) is 4.79 Å². The second-order valence-corrected chi connectivity index (χ2v) is 5.21. The average Bonchev–Trinajstić information content (AvgIpc) is 2.79. The van der Waals surface area contributed by atoms with Gasteiger partial charge < -0.3 is 10.3 Å². The minimum Gasteiger partial charge on any atom is -0.350 e. The molecule has 3 aromatic rings. The normalized spacial score (nSPS) is 10.8. The lowest BCUT2D eigenvalue weighted by atomic mass is 10.1. The maximum Gasteiger partial charge on any atom is 0.272 e. The van der Waals surface area contributed by atoms with Crippen LogP contribution in [0, 0.1) is 12.7 Å². The van der Waals surface area contributed by atoms with Gasteiger partial charge in [0.15, 0.2) is 0 Å². The Morgan fingerprint density at radius 2 is 1.90 bits per heavy atom. The van der Waals surface area contributed by atoms with Gasteiger partial charge in [0.1, 0.15) is 11.5 Å². The molecule has 3 rings (SSSR count). The van der Waals surface area contributed by atoms with Gasteiger partial charge in [0.25, 0.3) is 5.91 Å². The van der Waals surface area contributed by atoms with Crippen LogP contribution in [0.15, 0.2) is 42.5 Å². The van der Waals surface area contributed by atoms with E-state index in [1.54, 1.807) is 37.3 Å². The minimum atomic E-state index is -0.325. The Labute approximate surface area is 125 Å². The highest BCUT2D eigenvalue weighted by molar-refractivity contribution is 6.30. The molecule has 0 fully saturated rings. The van der Waals surface area contributed by atoms with Gasteiger partial charge >= 0.3 is 0 Å². The SMILES string of the molecule is Cc1c(C(=O)Nc2ccc(Cl)cc2)[nH]c2ccc(F)cc12. The number of H-pyrrole nitrogens is 1. The van der Waals surface area contributed by atoms with Crippen molar-refractivity contribution in [3.8, 4) is 0 Å². The van der Waals surface area contributed by atoms with Crippen molar-refractivity contribution in [2.75, 3.05) is 5.32 Å². The first kappa shape index (κ1) is 13.6. The van der Waals surface area contributed by atoms with Crippen LogP contribution in [-0.4, -0.2) is 10.9 Å². The Kier molecular flexibility index (Phi) is 3.39. The molecule has 5 heteroatoms. The minimum absolute atomic E-state index is 0.272. The fourth-order valence-electron chi connectivity index (χ4n) is 2.25. The van der Waals surface area contributed by atoms with Crippen molar-refractivity contribution in [1.29, 1.82) is 0 Å². The maximum absolute atomic E-state index is 13.3. The molecule has 1 amide bonds. The summed E-state index contributed by atoms with van der Waals surface area (Å²) in [5.41, 5.74) is 2.52. The van der Waals surface area contributed by atoms with Crippen molar-refractivity contribution in [1.82, 2.24) is 4.98 Å². The van der Waals surface area contributed by atoms with Crippen molar-refractivity contribution in [3.05, 3.63) is 64.6 Å². The standard InChI is InChI=1S/C16H12ClFN2O/c1-9-13-8-11(18)4-7-14(13)20-15(9)16(21)19-12-5-2-10(17)3-6-12/h2-8,20H,1H3,(H,19,21). The third kappa shape index (κ3) is 2.62. The number of fused-ring (bicyclic) bond motifs is 1. The van der Waals surface area contributed by atoms with Crippen LogP contribution < -0.4 is 5.32 Å². The van der Waals surface area contributed by atoms with Gasteiger partial charge in [0.2, 0.25) is 0 Å².